The van der Waals surface area contributed by atoms with Gasteiger partial charge in [-0.2, -0.15) is 13.2 Å². The Kier molecular flexibility index (Phi) is 4.13. The fourth-order valence-electron chi connectivity index (χ4n) is 1.36. The van der Waals surface area contributed by atoms with Crippen molar-refractivity contribution in [3.8, 4) is 0 Å². The van der Waals surface area contributed by atoms with Crippen molar-refractivity contribution >= 4 is 21.9 Å². The zero-order chi connectivity index (χ0) is 13.2. The summed E-state index contributed by atoms with van der Waals surface area (Å²) >= 11 is 2.85. The lowest BCUT2D eigenvalue weighted by atomic mass is 9.95. The molecular formula is C10H7BrF4O2. The monoisotopic (exact) mass is 314 g/mol. The molecule has 0 aliphatic rings. The van der Waals surface area contributed by atoms with E-state index in [1.54, 1.807) is 0 Å². The molecule has 0 saturated carbocycles. The predicted molar refractivity (Wildman–Crippen MR) is 55.1 cm³/mol. The highest BCUT2D eigenvalue weighted by molar-refractivity contribution is 9.10. The molecule has 94 valence electrons. The van der Waals surface area contributed by atoms with Gasteiger partial charge in [-0.05, 0) is 23.8 Å². The van der Waals surface area contributed by atoms with Gasteiger partial charge in [0.2, 0.25) is 0 Å². The second-order valence-electron chi connectivity index (χ2n) is 3.36. The molecule has 0 amide bonds. The summed E-state index contributed by atoms with van der Waals surface area (Å²) in [5.74, 6) is -4.67. The molecule has 1 aromatic rings. The number of carboxylic acids is 1. The Balaban J connectivity index is 3.21. The van der Waals surface area contributed by atoms with Crippen LogP contribution < -0.4 is 0 Å². The van der Waals surface area contributed by atoms with E-state index in [2.05, 4.69) is 15.9 Å². The average molecular weight is 315 g/mol. The largest absolute Gasteiger partial charge is 0.481 e. The minimum atomic E-state index is -4.74. The number of carboxylic acid groups (broad SMARTS) is 1. The number of hydrogen-bond acceptors (Lipinski definition) is 1. The highest BCUT2D eigenvalue weighted by atomic mass is 79.9. The van der Waals surface area contributed by atoms with Crippen LogP contribution in [0.25, 0.3) is 0 Å². The summed E-state index contributed by atoms with van der Waals surface area (Å²) in [6, 6.07) is 2.79. The van der Waals surface area contributed by atoms with Crippen LogP contribution in [0.5, 0.6) is 0 Å². The first kappa shape index (κ1) is 14.0. The van der Waals surface area contributed by atoms with Gasteiger partial charge in [0, 0.05) is 4.47 Å². The molecule has 0 aromatic heterocycles. The van der Waals surface area contributed by atoms with Crippen molar-refractivity contribution in [2.24, 2.45) is 0 Å². The number of alkyl halides is 3. The number of benzene rings is 1. The normalized spacial score (nSPS) is 13.5. The predicted octanol–water partition coefficient (Wildman–Crippen LogP) is 3.71. The number of halogens is 5. The van der Waals surface area contributed by atoms with Gasteiger partial charge in [0.05, 0.1) is 12.3 Å². The SMILES string of the molecule is O=C(O)CC(c1cc(F)ccc1Br)C(F)(F)F. The molecular weight excluding hydrogens is 308 g/mol. The summed E-state index contributed by atoms with van der Waals surface area (Å²) in [6.07, 6.45) is -5.87. The van der Waals surface area contributed by atoms with E-state index in [0.29, 0.717) is 6.07 Å². The highest BCUT2D eigenvalue weighted by Crippen LogP contribution is 2.40. The van der Waals surface area contributed by atoms with Crippen LogP contribution in [0.15, 0.2) is 22.7 Å². The maximum Gasteiger partial charge on any atom is 0.396 e. The molecule has 0 aliphatic carbocycles. The summed E-state index contributed by atoms with van der Waals surface area (Å²) in [5, 5.41) is 8.46. The van der Waals surface area contributed by atoms with Gasteiger partial charge in [-0.15, -0.1) is 0 Å². The second-order valence-corrected chi connectivity index (χ2v) is 4.21. The van der Waals surface area contributed by atoms with Gasteiger partial charge in [-0.25, -0.2) is 4.39 Å². The first-order chi connectivity index (χ1) is 7.71. The van der Waals surface area contributed by atoms with Gasteiger partial charge in [-0.1, -0.05) is 15.9 Å². The van der Waals surface area contributed by atoms with Gasteiger partial charge in [0.1, 0.15) is 5.82 Å². The topological polar surface area (TPSA) is 37.3 Å². The van der Waals surface area contributed by atoms with E-state index in [-0.39, 0.29) is 4.47 Å². The van der Waals surface area contributed by atoms with E-state index < -0.39 is 35.9 Å². The van der Waals surface area contributed by atoms with E-state index in [4.69, 9.17) is 5.11 Å². The third-order valence-corrected chi connectivity index (χ3v) is 2.83. The first-order valence-electron chi connectivity index (χ1n) is 4.45. The Morgan fingerprint density at radius 1 is 1.41 bits per heavy atom. The van der Waals surface area contributed by atoms with Gasteiger partial charge < -0.3 is 5.11 Å². The van der Waals surface area contributed by atoms with Crippen LogP contribution in [-0.4, -0.2) is 17.3 Å². The number of rotatable bonds is 3. The second kappa shape index (κ2) is 5.03. The third kappa shape index (κ3) is 3.69. The van der Waals surface area contributed by atoms with Crippen LogP contribution in [0.4, 0.5) is 17.6 Å². The van der Waals surface area contributed by atoms with Crippen LogP contribution >= 0.6 is 15.9 Å². The minimum absolute atomic E-state index is 0.0301. The molecule has 7 heteroatoms. The Hall–Kier alpha value is -1.11. The summed E-state index contributed by atoms with van der Waals surface area (Å²) in [6.45, 7) is 0. The summed E-state index contributed by atoms with van der Waals surface area (Å²) in [4.78, 5) is 10.4. The summed E-state index contributed by atoms with van der Waals surface area (Å²) in [7, 11) is 0. The number of aliphatic carboxylic acids is 1. The average Bonchev–Trinajstić information content (AvgIpc) is 2.16. The van der Waals surface area contributed by atoms with Gasteiger partial charge in [-0.3, -0.25) is 4.79 Å². The fraction of sp³-hybridized carbons (Fsp3) is 0.300. The molecule has 1 atom stereocenters. The zero-order valence-electron chi connectivity index (χ0n) is 8.26. The van der Waals surface area contributed by atoms with Crippen LogP contribution in [0.2, 0.25) is 0 Å². The molecule has 0 aliphatic heterocycles. The van der Waals surface area contributed by atoms with E-state index in [0.717, 1.165) is 12.1 Å². The van der Waals surface area contributed by atoms with Crippen molar-refractivity contribution in [2.75, 3.05) is 0 Å². The lowest BCUT2D eigenvalue weighted by Gasteiger charge is -2.20. The molecule has 17 heavy (non-hydrogen) atoms. The molecule has 0 radical (unpaired) electrons. The zero-order valence-corrected chi connectivity index (χ0v) is 9.85. The van der Waals surface area contributed by atoms with Crippen LogP contribution in [0, 0.1) is 5.82 Å². The molecule has 1 aromatic carbocycles. The Morgan fingerprint density at radius 3 is 2.47 bits per heavy atom. The van der Waals surface area contributed by atoms with Crippen LogP contribution in [-0.2, 0) is 4.79 Å². The van der Waals surface area contributed by atoms with Crippen molar-refractivity contribution in [1.29, 1.82) is 0 Å². The van der Waals surface area contributed by atoms with Crippen molar-refractivity contribution in [2.45, 2.75) is 18.5 Å². The Labute approximate surface area is 102 Å². The van der Waals surface area contributed by atoms with Crippen molar-refractivity contribution in [1.82, 2.24) is 0 Å². The van der Waals surface area contributed by atoms with Crippen molar-refractivity contribution < 1.29 is 27.5 Å². The van der Waals surface area contributed by atoms with Crippen LogP contribution in [0.3, 0.4) is 0 Å². The molecule has 2 nitrogen and oxygen atoms in total. The highest BCUT2D eigenvalue weighted by Gasteiger charge is 2.43. The summed E-state index contributed by atoms with van der Waals surface area (Å²) < 4.78 is 50.9. The summed E-state index contributed by atoms with van der Waals surface area (Å²) in [5.41, 5.74) is -0.417. The van der Waals surface area contributed by atoms with Gasteiger partial charge >= 0.3 is 12.1 Å². The standard InChI is InChI=1S/C10H7BrF4O2/c11-8-2-1-5(12)3-6(8)7(4-9(16)17)10(13,14)15/h1-3,7H,4H2,(H,16,17). The fourth-order valence-corrected chi connectivity index (χ4v) is 1.88. The van der Waals surface area contributed by atoms with E-state index in [9.17, 15) is 22.4 Å². The smallest absolute Gasteiger partial charge is 0.396 e. The number of carbonyl (C=O) groups is 1. The maximum atomic E-state index is 12.9. The van der Waals surface area contributed by atoms with Crippen molar-refractivity contribution in [3.05, 3.63) is 34.1 Å². The van der Waals surface area contributed by atoms with Crippen molar-refractivity contribution in [3.63, 3.8) is 0 Å². The molecule has 0 spiro atoms. The molecule has 1 unspecified atom stereocenters. The van der Waals surface area contributed by atoms with Gasteiger partial charge in [0.15, 0.2) is 0 Å². The first-order valence-corrected chi connectivity index (χ1v) is 5.24. The third-order valence-electron chi connectivity index (χ3n) is 2.11. The lowest BCUT2D eigenvalue weighted by molar-refractivity contribution is -0.163. The van der Waals surface area contributed by atoms with Gasteiger partial charge in [0.25, 0.3) is 0 Å². The molecule has 0 fully saturated rings. The Bertz CT molecular complexity index is 431. The van der Waals surface area contributed by atoms with E-state index >= 15 is 0 Å². The molecule has 0 saturated heterocycles. The Morgan fingerprint density at radius 2 is 2.00 bits per heavy atom. The lowest BCUT2D eigenvalue weighted by Crippen LogP contribution is -2.24. The molecule has 0 bridgehead atoms. The number of hydrogen-bond donors (Lipinski definition) is 1. The minimum Gasteiger partial charge on any atom is -0.481 e. The molecule has 1 N–H and O–H groups in total. The van der Waals surface area contributed by atoms with Crippen LogP contribution in [0.1, 0.15) is 17.9 Å². The van der Waals surface area contributed by atoms with E-state index in [1.165, 1.54) is 0 Å². The quantitative estimate of drug-likeness (QED) is 0.864. The molecule has 0 heterocycles. The maximum absolute atomic E-state index is 12.9. The van der Waals surface area contributed by atoms with E-state index in [1.807, 2.05) is 0 Å². The molecule has 1 rings (SSSR count).